The summed E-state index contributed by atoms with van der Waals surface area (Å²) in [5.74, 6) is 0.605. The molecule has 0 aliphatic heterocycles. The van der Waals surface area contributed by atoms with Crippen molar-refractivity contribution in [2.24, 2.45) is 0 Å². The number of halogens is 2. The molecule has 4 aromatic carbocycles. The molecule has 0 radical (unpaired) electrons. The van der Waals surface area contributed by atoms with Crippen LogP contribution in [-0.2, 0) is 26.2 Å². The molecule has 0 aromatic heterocycles. The molecule has 33 heavy (non-hydrogen) atoms. The van der Waals surface area contributed by atoms with E-state index in [-0.39, 0.29) is 51.0 Å². The number of fused-ring (bicyclic) bond motifs is 2. The molecule has 0 nitrogen and oxygen atoms in total. The second kappa shape index (κ2) is 10.8. The topological polar surface area (TPSA) is 0 Å². The molecule has 2 unspecified atom stereocenters. The van der Waals surface area contributed by atoms with E-state index in [0.29, 0.717) is 11.8 Å². The molecule has 0 heterocycles. The van der Waals surface area contributed by atoms with Crippen molar-refractivity contribution in [2.45, 2.75) is 11.8 Å². The monoisotopic (exact) mass is 542 g/mol. The van der Waals surface area contributed by atoms with E-state index < -0.39 is 0 Å². The van der Waals surface area contributed by atoms with Gasteiger partial charge in [0.15, 0.2) is 0 Å². The largest absolute Gasteiger partial charge is 2.00 e. The maximum atomic E-state index is 2.34. The number of hydrogen-bond acceptors (Lipinski definition) is 0. The predicted molar refractivity (Wildman–Crippen MR) is 127 cm³/mol. The van der Waals surface area contributed by atoms with Crippen LogP contribution in [0.25, 0.3) is 23.3 Å². The van der Waals surface area contributed by atoms with Gasteiger partial charge in [0, 0.05) is 11.8 Å². The van der Waals surface area contributed by atoms with Crippen LogP contribution >= 0.6 is 0 Å². The van der Waals surface area contributed by atoms with Gasteiger partial charge in [-0.15, -0.1) is 0 Å². The third kappa shape index (κ3) is 4.48. The summed E-state index contributed by atoms with van der Waals surface area (Å²) in [5, 5.41) is 0. The van der Waals surface area contributed by atoms with Crippen molar-refractivity contribution in [3.05, 3.63) is 143 Å². The third-order valence-corrected chi connectivity index (χ3v) is 6.48. The fourth-order valence-corrected chi connectivity index (χ4v) is 5.07. The van der Waals surface area contributed by atoms with Crippen LogP contribution in [-0.4, -0.2) is 0 Å². The molecule has 6 rings (SSSR count). The predicted octanol–water partition coefficient (Wildman–Crippen LogP) is 1.68. The Morgan fingerprint density at radius 3 is 1.15 bits per heavy atom. The van der Waals surface area contributed by atoms with Gasteiger partial charge in [-0.1, -0.05) is 121 Å². The molecule has 3 heteroatoms. The van der Waals surface area contributed by atoms with Gasteiger partial charge in [0.2, 0.25) is 0 Å². The summed E-state index contributed by atoms with van der Waals surface area (Å²) in [4.78, 5) is 0. The van der Waals surface area contributed by atoms with Crippen molar-refractivity contribution >= 4 is 12.2 Å². The molecular weight excluding hydrogens is 522 g/mol. The first-order valence-corrected chi connectivity index (χ1v) is 10.6. The fraction of sp³-hybridized carbons (Fsp3) is 0.0667. The Morgan fingerprint density at radius 2 is 0.727 bits per heavy atom. The molecule has 2 aliphatic carbocycles. The minimum atomic E-state index is 0. The first kappa shape index (κ1) is 25.4. The van der Waals surface area contributed by atoms with Crippen LogP contribution in [0.5, 0.6) is 0 Å². The Balaban J connectivity index is 0.00000102. The van der Waals surface area contributed by atoms with E-state index in [1.165, 1.54) is 44.5 Å². The standard InChI is InChI=1S/C30H22.2ClH.Zr/c1-3-11-23-21(9-1)17-19-29(23)27-15-7-5-13-25(27)26-14-6-8-16-28(26)30-20-18-22-10-2-4-12-24(22)30;;;/h1-20,29-30H;2*1H;/q;;;+2/p-2. The van der Waals surface area contributed by atoms with E-state index >= 15 is 0 Å². The molecule has 0 bridgehead atoms. The Kier molecular flexibility index (Phi) is 8.35. The van der Waals surface area contributed by atoms with E-state index in [2.05, 4.69) is 121 Å². The van der Waals surface area contributed by atoms with Gasteiger partial charge in [0.1, 0.15) is 0 Å². The Labute approximate surface area is 227 Å². The summed E-state index contributed by atoms with van der Waals surface area (Å²) in [6.45, 7) is 0. The molecule has 0 fully saturated rings. The first-order chi connectivity index (χ1) is 14.9. The number of rotatable bonds is 3. The van der Waals surface area contributed by atoms with Crippen molar-refractivity contribution < 1.29 is 51.0 Å². The van der Waals surface area contributed by atoms with Crippen LogP contribution in [0.15, 0.2) is 109 Å². The zero-order chi connectivity index (χ0) is 19.9. The molecule has 2 atom stereocenters. The van der Waals surface area contributed by atoms with Crippen LogP contribution in [0, 0.1) is 0 Å². The molecule has 4 aromatic rings. The van der Waals surface area contributed by atoms with Crippen LogP contribution in [0.3, 0.4) is 0 Å². The fourth-order valence-electron chi connectivity index (χ4n) is 5.07. The first-order valence-electron chi connectivity index (χ1n) is 10.6. The second-order valence-electron chi connectivity index (χ2n) is 8.11. The summed E-state index contributed by atoms with van der Waals surface area (Å²) in [6.07, 6.45) is 9.21. The normalized spacial score (nSPS) is 16.7. The van der Waals surface area contributed by atoms with Gasteiger partial charge < -0.3 is 24.8 Å². The summed E-state index contributed by atoms with van der Waals surface area (Å²) >= 11 is 0. The van der Waals surface area contributed by atoms with E-state index in [9.17, 15) is 0 Å². The zero-order valence-electron chi connectivity index (χ0n) is 18.0. The number of allylic oxidation sites excluding steroid dienone is 2. The van der Waals surface area contributed by atoms with E-state index in [0.717, 1.165) is 0 Å². The van der Waals surface area contributed by atoms with Crippen LogP contribution in [0.4, 0.5) is 0 Å². The van der Waals surface area contributed by atoms with E-state index in [1.807, 2.05) is 0 Å². The molecule has 2 aliphatic rings. The van der Waals surface area contributed by atoms with Crippen molar-refractivity contribution in [1.82, 2.24) is 0 Å². The van der Waals surface area contributed by atoms with E-state index in [1.54, 1.807) is 0 Å². The van der Waals surface area contributed by atoms with Gasteiger partial charge in [-0.3, -0.25) is 0 Å². The molecular formula is C30H22Cl2Zr. The minimum Gasteiger partial charge on any atom is -1.00 e. The molecule has 0 amide bonds. The molecule has 0 N–H and O–H groups in total. The summed E-state index contributed by atoms with van der Waals surface area (Å²) in [5.41, 5.74) is 10.9. The van der Waals surface area contributed by atoms with Crippen LogP contribution in [0.2, 0.25) is 0 Å². The molecule has 160 valence electrons. The number of benzene rings is 4. The Hall–Kier alpha value is -2.18. The summed E-state index contributed by atoms with van der Waals surface area (Å²) in [7, 11) is 0. The van der Waals surface area contributed by atoms with Crippen LogP contribution in [0.1, 0.15) is 45.2 Å². The van der Waals surface area contributed by atoms with Crippen molar-refractivity contribution in [2.75, 3.05) is 0 Å². The number of hydrogen-bond donors (Lipinski definition) is 0. The maximum absolute atomic E-state index is 2.34. The van der Waals surface area contributed by atoms with Gasteiger partial charge in [-0.25, -0.2) is 0 Å². The van der Waals surface area contributed by atoms with Crippen molar-refractivity contribution in [3.63, 3.8) is 0 Å². The van der Waals surface area contributed by atoms with E-state index in [4.69, 9.17) is 0 Å². The van der Waals surface area contributed by atoms with Gasteiger partial charge in [-0.2, -0.15) is 0 Å². The smallest absolute Gasteiger partial charge is 1.00 e. The quantitative estimate of drug-likeness (QED) is 0.368. The zero-order valence-corrected chi connectivity index (χ0v) is 21.9. The Morgan fingerprint density at radius 1 is 0.394 bits per heavy atom. The third-order valence-electron chi connectivity index (χ3n) is 6.48. The summed E-state index contributed by atoms with van der Waals surface area (Å²) in [6, 6.07) is 35.3. The van der Waals surface area contributed by atoms with Gasteiger partial charge >= 0.3 is 26.2 Å². The average Bonchev–Trinajstić information content (AvgIpc) is 3.44. The summed E-state index contributed by atoms with van der Waals surface area (Å²) < 4.78 is 0. The van der Waals surface area contributed by atoms with Crippen LogP contribution < -0.4 is 24.8 Å². The second-order valence-corrected chi connectivity index (χ2v) is 8.11. The minimum absolute atomic E-state index is 0. The molecule has 0 spiro atoms. The molecule has 0 saturated carbocycles. The van der Waals surface area contributed by atoms with Gasteiger partial charge in [-0.05, 0) is 44.5 Å². The van der Waals surface area contributed by atoms with Gasteiger partial charge in [0.05, 0.1) is 0 Å². The Bertz CT molecular complexity index is 1220. The SMILES string of the molecule is C1=CC(c2ccccc2-c2ccccc2C2C=Cc3ccccc32)c2ccccc21.[Cl-].[Cl-].[Zr+2]. The molecule has 0 saturated heterocycles. The van der Waals surface area contributed by atoms with Gasteiger partial charge in [0.25, 0.3) is 0 Å². The van der Waals surface area contributed by atoms with Crippen molar-refractivity contribution in [1.29, 1.82) is 0 Å². The maximum Gasteiger partial charge on any atom is 2.00 e. The average molecular weight is 545 g/mol. The van der Waals surface area contributed by atoms with Crippen molar-refractivity contribution in [3.8, 4) is 11.1 Å².